The molecule has 1 aromatic rings. The number of benzene rings is 1. The molecule has 0 saturated carbocycles. The van der Waals surface area contributed by atoms with Crippen molar-refractivity contribution in [2.45, 2.75) is 6.42 Å². The van der Waals surface area contributed by atoms with Crippen molar-refractivity contribution in [2.75, 3.05) is 29.9 Å². The summed E-state index contributed by atoms with van der Waals surface area (Å²) in [7, 11) is 0. The van der Waals surface area contributed by atoms with Gasteiger partial charge in [-0.05, 0) is 17.7 Å². The number of carboxylic acid groups (broad SMARTS) is 1. The molecule has 102 valence electrons. The molecule has 1 aromatic carbocycles. The third kappa shape index (κ3) is 4.17. The Labute approximate surface area is 116 Å². The molecule has 2 N–H and O–H groups in total. The van der Waals surface area contributed by atoms with E-state index in [2.05, 4.69) is 5.32 Å². The lowest BCUT2D eigenvalue weighted by Gasteiger charge is -2.26. The summed E-state index contributed by atoms with van der Waals surface area (Å²) < 4.78 is 0. The molecule has 2 amide bonds. The number of carbonyl (C=O) groups is 2. The second-order valence-electron chi connectivity index (χ2n) is 4.30. The van der Waals surface area contributed by atoms with Gasteiger partial charge in [-0.1, -0.05) is 12.1 Å². The number of aliphatic carboxylic acids is 1. The van der Waals surface area contributed by atoms with Gasteiger partial charge in [-0.15, -0.1) is 0 Å². The van der Waals surface area contributed by atoms with Crippen LogP contribution in [0.2, 0.25) is 0 Å². The Hall–Kier alpha value is -1.69. The molecule has 0 aliphatic carbocycles. The van der Waals surface area contributed by atoms with Gasteiger partial charge in [-0.2, -0.15) is 11.8 Å². The number of amides is 2. The first-order valence-electron chi connectivity index (χ1n) is 6.09. The Kier molecular flexibility index (Phi) is 4.68. The smallest absolute Gasteiger partial charge is 0.321 e. The van der Waals surface area contributed by atoms with Crippen molar-refractivity contribution in [3.05, 3.63) is 29.8 Å². The minimum absolute atomic E-state index is 0.00241. The number of carbonyl (C=O) groups excluding carboxylic acids is 1. The lowest BCUT2D eigenvalue weighted by atomic mass is 10.1. The van der Waals surface area contributed by atoms with E-state index in [0.29, 0.717) is 5.69 Å². The van der Waals surface area contributed by atoms with Crippen LogP contribution in [-0.2, 0) is 11.2 Å². The molecule has 5 nitrogen and oxygen atoms in total. The lowest BCUT2D eigenvalue weighted by Crippen LogP contribution is -2.40. The first-order chi connectivity index (χ1) is 9.15. The van der Waals surface area contributed by atoms with E-state index in [9.17, 15) is 9.59 Å². The fourth-order valence-corrected chi connectivity index (χ4v) is 2.75. The van der Waals surface area contributed by atoms with Crippen molar-refractivity contribution in [3.63, 3.8) is 0 Å². The summed E-state index contributed by atoms with van der Waals surface area (Å²) >= 11 is 1.85. The van der Waals surface area contributed by atoms with Crippen molar-refractivity contribution in [2.24, 2.45) is 0 Å². The zero-order valence-electron chi connectivity index (χ0n) is 10.5. The standard InChI is InChI=1S/C13H16N2O3S/c16-12(17)9-10-1-3-11(4-2-10)14-13(18)15-5-7-19-8-6-15/h1-4H,5-9H2,(H,14,18)(H,16,17). The van der Waals surface area contributed by atoms with Gasteiger partial charge in [0.1, 0.15) is 0 Å². The average Bonchev–Trinajstić information content (AvgIpc) is 2.41. The Morgan fingerprint density at radius 3 is 2.42 bits per heavy atom. The number of nitrogens with zero attached hydrogens (tertiary/aromatic N) is 1. The van der Waals surface area contributed by atoms with Crippen LogP contribution in [-0.4, -0.2) is 46.6 Å². The minimum Gasteiger partial charge on any atom is -0.481 e. The largest absolute Gasteiger partial charge is 0.481 e. The average molecular weight is 280 g/mol. The monoisotopic (exact) mass is 280 g/mol. The topological polar surface area (TPSA) is 69.6 Å². The fraction of sp³-hybridized carbons (Fsp3) is 0.385. The summed E-state index contributed by atoms with van der Waals surface area (Å²) in [5, 5.41) is 11.5. The maximum Gasteiger partial charge on any atom is 0.321 e. The third-order valence-corrected chi connectivity index (χ3v) is 3.80. The van der Waals surface area contributed by atoms with Crippen LogP contribution in [0.25, 0.3) is 0 Å². The number of anilines is 1. The molecule has 0 bridgehead atoms. The molecule has 0 aromatic heterocycles. The van der Waals surface area contributed by atoms with Gasteiger partial charge in [0.05, 0.1) is 6.42 Å². The summed E-state index contributed by atoms with van der Waals surface area (Å²) in [6, 6.07) is 6.81. The Morgan fingerprint density at radius 2 is 1.84 bits per heavy atom. The Bertz CT molecular complexity index is 455. The summed E-state index contributed by atoms with van der Waals surface area (Å²) in [6.45, 7) is 1.54. The van der Waals surface area contributed by atoms with E-state index < -0.39 is 5.97 Å². The van der Waals surface area contributed by atoms with Crippen LogP contribution >= 0.6 is 11.8 Å². The van der Waals surface area contributed by atoms with Crippen molar-refractivity contribution in [1.82, 2.24) is 4.90 Å². The van der Waals surface area contributed by atoms with E-state index in [0.717, 1.165) is 30.2 Å². The van der Waals surface area contributed by atoms with E-state index in [1.54, 1.807) is 29.2 Å². The second-order valence-corrected chi connectivity index (χ2v) is 5.52. The van der Waals surface area contributed by atoms with Gasteiger partial charge in [-0.3, -0.25) is 4.79 Å². The quantitative estimate of drug-likeness (QED) is 0.887. The number of nitrogens with one attached hydrogen (secondary N) is 1. The van der Waals surface area contributed by atoms with Gasteiger partial charge in [0.25, 0.3) is 0 Å². The van der Waals surface area contributed by atoms with Crippen molar-refractivity contribution >= 4 is 29.4 Å². The molecule has 0 atom stereocenters. The second kappa shape index (κ2) is 6.47. The highest BCUT2D eigenvalue weighted by Crippen LogP contribution is 2.13. The van der Waals surface area contributed by atoms with Gasteiger partial charge in [0.2, 0.25) is 0 Å². The zero-order chi connectivity index (χ0) is 13.7. The van der Waals surface area contributed by atoms with Crippen LogP contribution < -0.4 is 5.32 Å². The van der Waals surface area contributed by atoms with Gasteiger partial charge in [0.15, 0.2) is 0 Å². The molecule has 0 spiro atoms. The number of rotatable bonds is 3. The SMILES string of the molecule is O=C(O)Cc1ccc(NC(=O)N2CCSCC2)cc1. The van der Waals surface area contributed by atoms with Crippen LogP contribution in [0.4, 0.5) is 10.5 Å². The maximum atomic E-state index is 11.9. The van der Waals surface area contributed by atoms with E-state index in [1.165, 1.54) is 0 Å². The predicted octanol–water partition coefficient (Wildman–Crippen LogP) is 1.89. The van der Waals surface area contributed by atoms with Crippen molar-refractivity contribution in [1.29, 1.82) is 0 Å². The molecule has 0 unspecified atom stereocenters. The van der Waals surface area contributed by atoms with Crippen LogP contribution in [0, 0.1) is 0 Å². The highest BCUT2D eigenvalue weighted by molar-refractivity contribution is 7.99. The minimum atomic E-state index is -0.859. The maximum absolute atomic E-state index is 11.9. The van der Waals surface area contributed by atoms with E-state index in [-0.39, 0.29) is 12.5 Å². The van der Waals surface area contributed by atoms with Gasteiger partial charge < -0.3 is 15.3 Å². The van der Waals surface area contributed by atoms with E-state index >= 15 is 0 Å². The Morgan fingerprint density at radius 1 is 1.21 bits per heavy atom. The molecule has 1 heterocycles. The number of hydrogen-bond acceptors (Lipinski definition) is 3. The molecule has 1 fully saturated rings. The van der Waals surface area contributed by atoms with Gasteiger partial charge in [0, 0.05) is 30.3 Å². The molecule has 0 radical (unpaired) electrons. The number of hydrogen-bond donors (Lipinski definition) is 2. The molecule has 6 heteroatoms. The summed E-state index contributed by atoms with van der Waals surface area (Å²) in [5.41, 5.74) is 1.41. The van der Waals surface area contributed by atoms with Gasteiger partial charge >= 0.3 is 12.0 Å². The van der Waals surface area contributed by atoms with Crippen LogP contribution in [0.1, 0.15) is 5.56 Å². The number of urea groups is 1. The fourth-order valence-electron chi connectivity index (χ4n) is 1.85. The lowest BCUT2D eigenvalue weighted by molar-refractivity contribution is -0.136. The van der Waals surface area contributed by atoms with Crippen LogP contribution in [0.15, 0.2) is 24.3 Å². The van der Waals surface area contributed by atoms with Gasteiger partial charge in [-0.25, -0.2) is 4.79 Å². The normalized spacial score (nSPS) is 15.1. The first-order valence-corrected chi connectivity index (χ1v) is 7.25. The summed E-state index contributed by atoms with van der Waals surface area (Å²) in [5.74, 6) is 1.10. The van der Waals surface area contributed by atoms with Crippen LogP contribution in [0.5, 0.6) is 0 Å². The highest BCUT2D eigenvalue weighted by Gasteiger charge is 2.16. The summed E-state index contributed by atoms with van der Waals surface area (Å²) in [6.07, 6.45) is -0.00241. The zero-order valence-corrected chi connectivity index (χ0v) is 11.3. The highest BCUT2D eigenvalue weighted by atomic mass is 32.2. The number of carboxylic acids is 1. The number of thioether (sulfide) groups is 1. The molecule has 19 heavy (non-hydrogen) atoms. The molecule has 1 saturated heterocycles. The summed E-state index contributed by atoms with van der Waals surface area (Å²) in [4.78, 5) is 24.3. The Balaban J connectivity index is 1.91. The van der Waals surface area contributed by atoms with Crippen molar-refractivity contribution < 1.29 is 14.7 Å². The first kappa shape index (κ1) is 13.7. The molecular formula is C13H16N2O3S. The molecular weight excluding hydrogens is 264 g/mol. The predicted molar refractivity (Wildman–Crippen MR) is 75.7 cm³/mol. The molecule has 1 aliphatic heterocycles. The van der Waals surface area contributed by atoms with E-state index in [4.69, 9.17) is 5.11 Å². The van der Waals surface area contributed by atoms with E-state index in [1.807, 2.05) is 11.8 Å². The van der Waals surface area contributed by atoms with Crippen molar-refractivity contribution in [3.8, 4) is 0 Å². The molecule has 1 aliphatic rings. The third-order valence-electron chi connectivity index (χ3n) is 2.86. The molecule has 2 rings (SSSR count). The van der Waals surface area contributed by atoms with Crippen LogP contribution in [0.3, 0.4) is 0 Å².